The Morgan fingerprint density at radius 1 is 1.00 bits per heavy atom. The van der Waals surface area contributed by atoms with Gasteiger partial charge in [-0.25, -0.2) is 26.6 Å². The van der Waals surface area contributed by atoms with Gasteiger partial charge < -0.3 is 20.1 Å². The van der Waals surface area contributed by atoms with Crippen LogP contribution in [0.2, 0.25) is 5.02 Å². The number of aliphatic hydroxyl groups excluding tert-OH is 3. The van der Waals surface area contributed by atoms with Gasteiger partial charge in [-0.15, -0.1) is 5.10 Å². The van der Waals surface area contributed by atoms with Gasteiger partial charge in [-0.2, -0.15) is 0 Å². The highest BCUT2D eigenvalue weighted by molar-refractivity contribution is 7.99. The van der Waals surface area contributed by atoms with Crippen LogP contribution in [0.15, 0.2) is 35.4 Å². The first-order valence-electron chi connectivity index (χ1n) is 9.61. The Morgan fingerprint density at radius 2 is 1.68 bits per heavy atom. The van der Waals surface area contributed by atoms with E-state index >= 15 is 0 Å². The summed E-state index contributed by atoms with van der Waals surface area (Å²) in [6, 6.07) is 2.08. The second kappa shape index (κ2) is 9.76. The molecule has 3 aromatic rings. The van der Waals surface area contributed by atoms with Crippen LogP contribution in [0.1, 0.15) is 6.04 Å². The summed E-state index contributed by atoms with van der Waals surface area (Å²) in [7, 11) is 0. The van der Waals surface area contributed by atoms with E-state index in [1.807, 2.05) is 0 Å². The number of rotatable bonds is 5. The summed E-state index contributed by atoms with van der Waals surface area (Å²) >= 11 is 6.22. The van der Waals surface area contributed by atoms with Crippen LogP contribution in [0.3, 0.4) is 0 Å². The van der Waals surface area contributed by atoms with Crippen molar-refractivity contribution in [3.63, 3.8) is 0 Å². The van der Waals surface area contributed by atoms with Crippen LogP contribution in [0.5, 0.6) is 0 Å². The van der Waals surface area contributed by atoms with Gasteiger partial charge in [-0.1, -0.05) is 28.6 Å². The second-order valence-electron chi connectivity index (χ2n) is 7.33. The van der Waals surface area contributed by atoms with E-state index in [2.05, 4.69) is 10.3 Å². The average Bonchev–Trinajstić information content (AvgIpc) is 3.29. The van der Waals surface area contributed by atoms with E-state index in [9.17, 15) is 37.3 Å². The number of thioether (sulfide) groups is 1. The van der Waals surface area contributed by atoms with Crippen LogP contribution in [0.4, 0.5) is 22.0 Å². The van der Waals surface area contributed by atoms with E-state index in [4.69, 9.17) is 16.3 Å². The molecule has 0 bridgehead atoms. The molecule has 1 fully saturated rings. The average molecular weight is 524 g/mol. The molecule has 0 aliphatic carbocycles. The first kappa shape index (κ1) is 24.8. The summed E-state index contributed by atoms with van der Waals surface area (Å²) in [6.45, 7) is -0.690. The lowest BCUT2D eigenvalue weighted by Crippen LogP contribution is -2.55. The highest BCUT2D eigenvalue weighted by Gasteiger charge is 2.46. The Bertz CT molecular complexity index is 1200. The first-order valence-corrected chi connectivity index (χ1v) is 10.9. The minimum atomic E-state index is -1.66. The van der Waals surface area contributed by atoms with E-state index in [1.165, 1.54) is 0 Å². The number of aliphatic hydroxyl groups is 3. The number of benzene rings is 2. The maximum Gasteiger partial charge on any atom is 0.194 e. The normalized spacial score (nSPS) is 25.0. The van der Waals surface area contributed by atoms with Gasteiger partial charge in [0.15, 0.2) is 23.3 Å². The smallest absolute Gasteiger partial charge is 0.194 e. The minimum absolute atomic E-state index is 0.107. The fraction of sp³-hybridized carbons (Fsp3) is 0.300. The monoisotopic (exact) mass is 523 g/mol. The molecule has 5 atom stereocenters. The number of ether oxygens (including phenoxy) is 1. The largest absolute Gasteiger partial charge is 0.394 e. The number of hydrogen-bond acceptors (Lipinski definition) is 7. The molecule has 7 nitrogen and oxygen atoms in total. The van der Waals surface area contributed by atoms with Crippen molar-refractivity contribution in [1.29, 1.82) is 0 Å². The van der Waals surface area contributed by atoms with Crippen LogP contribution in [0.25, 0.3) is 11.3 Å². The molecular formula is C20H15ClF5N3O4S. The van der Waals surface area contributed by atoms with E-state index in [1.54, 1.807) is 0 Å². The Hall–Kier alpha value is -2.29. The lowest BCUT2D eigenvalue weighted by atomic mass is 9.97. The molecule has 2 heterocycles. The van der Waals surface area contributed by atoms with Crippen LogP contribution < -0.4 is 0 Å². The Morgan fingerprint density at radius 3 is 2.32 bits per heavy atom. The van der Waals surface area contributed by atoms with Crippen LogP contribution in [-0.4, -0.2) is 60.7 Å². The van der Waals surface area contributed by atoms with Crippen molar-refractivity contribution in [2.24, 2.45) is 0 Å². The summed E-state index contributed by atoms with van der Waals surface area (Å²) in [6.07, 6.45) is -3.23. The number of aromatic nitrogens is 3. The van der Waals surface area contributed by atoms with Crippen molar-refractivity contribution in [1.82, 2.24) is 15.0 Å². The molecule has 2 aromatic carbocycles. The molecule has 14 heteroatoms. The number of hydrogen-bond donors (Lipinski definition) is 3. The van der Waals surface area contributed by atoms with Crippen LogP contribution in [0, 0.1) is 29.1 Å². The van der Waals surface area contributed by atoms with Crippen molar-refractivity contribution in [2.75, 3.05) is 6.61 Å². The third-order valence-corrected chi connectivity index (χ3v) is 6.72. The van der Waals surface area contributed by atoms with Crippen molar-refractivity contribution < 1.29 is 42.0 Å². The predicted octanol–water partition coefficient (Wildman–Crippen LogP) is 3.07. The van der Waals surface area contributed by atoms with Gasteiger partial charge in [0.05, 0.1) is 12.8 Å². The Labute approximate surface area is 197 Å². The molecular weight excluding hydrogens is 509 g/mol. The minimum Gasteiger partial charge on any atom is -0.394 e. The van der Waals surface area contributed by atoms with Crippen molar-refractivity contribution >= 4 is 23.4 Å². The number of halogens is 6. The summed E-state index contributed by atoms with van der Waals surface area (Å²) in [5.41, 5.74) is -1.55. The van der Waals surface area contributed by atoms with E-state index in [0.29, 0.717) is 23.9 Å². The molecule has 1 aliphatic heterocycles. The molecule has 1 aromatic heterocycles. The Balaban J connectivity index is 1.65. The highest BCUT2D eigenvalue weighted by atomic mass is 35.5. The van der Waals surface area contributed by atoms with Crippen molar-refractivity contribution in [3.8, 4) is 11.3 Å². The lowest BCUT2D eigenvalue weighted by molar-refractivity contribution is -0.178. The molecule has 182 valence electrons. The highest BCUT2D eigenvalue weighted by Crippen LogP contribution is 2.40. The third-order valence-electron chi connectivity index (χ3n) is 5.19. The lowest BCUT2D eigenvalue weighted by Gasteiger charge is -2.41. The van der Waals surface area contributed by atoms with E-state index in [-0.39, 0.29) is 16.2 Å². The molecule has 0 radical (unpaired) electrons. The molecule has 0 unspecified atom stereocenters. The topological polar surface area (TPSA) is 101 Å². The molecule has 3 N–H and O–H groups in total. The fourth-order valence-corrected chi connectivity index (χ4v) is 4.78. The summed E-state index contributed by atoms with van der Waals surface area (Å²) < 4.78 is 74.7. The Kier molecular flexibility index (Phi) is 7.12. The van der Waals surface area contributed by atoms with Crippen LogP contribution in [-0.2, 0) is 4.74 Å². The van der Waals surface area contributed by atoms with E-state index in [0.717, 1.165) is 23.0 Å². The predicted molar refractivity (Wildman–Crippen MR) is 109 cm³/mol. The fourth-order valence-electron chi connectivity index (χ4n) is 3.46. The van der Waals surface area contributed by atoms with Gasteiger partial charge in [0.2, 0.25) is 0 Å². The SMILES string of the molecule is OC[C@H]1O[C@H](Sc2ccc(F)c(Cl)c2F)[C@H](O)[C@@H](n2cc(-c3cc(F)c(F)c(F)c3)nn2)[C@H]1O. The second-order valence-corrected chi connectivity index (χ2v) is 8.84. The zero-order valence-corrected chi connectivity index (χ0v) is 18.3. The van der Waals surface area contributed by atoms with Crippen LogP contribution >= 0.6 is 23.4 Å². The zero-order valence-electron chi connectivity index (χ0n) is 16.7. The van der Waals surface area contributed by atoms with Gasteiger partial charge >= 0.3 is 0 Å². The standard InChI is InChI=1S/C20H15ClF5N3O4S/c21-14-8(22)1-2-13(16(14)26)34-20-19(32)17(18(31)12(6-30)33-20)29-5-11(27-28-29)7-3-9(23)15(25)10(24)4-7/h1-5,12,17-20,30-32H,6H2/t12-,17+,18+,19-,20-/m1/s1. The molecule has 0 spiro atoms. The maximum absolute atomic E-state index is 14.4. The summed E-state index contributed by atoms with van der Waals surface area (Å²) in [4.78, 5) is -0.168. The van der Waals surface area contributed by atoms with Crippen molar-refractivity contribution in [2.45, 2.75) is 34.7 Å². The number of nitrogens with zero attached hydrogens (tertiary/aromatic N) is 3. The van der Waals surface area contributed by atoms with E-state index < -0.39 is 70.5 Å². The summed E-state index contributed by atoms with van der Waals surface area (Å²) in [5, 5.41) is 37.9. The molecule has 1 aliphatic rings. The van der Waals surface area contributed by atoms with Gasteiger partial charge in [-0.3, -0.25) is 0 Å². The van der Waals surface area contributed by atoms with Gasteiger partial charge in [0.25, 0.3) is 0 Å². The summed E-state index contributed by atoms with van der Waals surface area (Å²) in [5.74, 6) is -6.64. The molecule has 1 saturated heterocycles. The van der Waals surface area contributed by atoms with Gasteiger partial charge in [0.1, 0.15) is 46.3 Å². The van der Waals surface area contributed by atoms with Gasteiger partial charge in [0, 0.05) is 10.5 Å². The zero-order chi connectivity index (χ0) is 24.7. The molecule has 34 heavy (non-hydrogen) atoms. The quantitative estimate of drug-likeness (QED) is 0.349. The maximum atomic E-state index is 14.4. The molecule has 4 rings (SSSR count). The molecule has 0 amide bonds. The van der Waals surface area contributed by atoms with Gasteiger partial charge in [-0.05, 0) is 24.3 Å². The first-order chi connectivity index (χ1) is 16.1. The van der Waals surface area contributed by atoms with Crippen molar-refractivity contribution in [3.05, 3.63) is 64.6 Å². The third kappa shape index (κ3) is 4.51. The molecule has 0 saturated carbocycles.